The molecule has 1 aromatic heterocycles. The number of ether oxygens (including phenoxy) is 1. The van der Waals surface area contributed by atoms with E-state index in [9.17, 15) is 8.78 Å². The minimum atomic E-state index is -0.602. The summed E-state index contributed by atoms with van der Waals surface area (Å²) < 4.78 is 32.6. The van der Waals surface area contributed by atoms with Gasteiger partial charge in [-0.15, -0.1) is 0 Å². The summed E-state index contributed by atoms with van der Waals surface area (Å²) in [4.78, 5) is 11.1. The van der Waals surface area contributed by atoms with Crippen LogP contribution in [0.3, 0.4) is 0 Å². The average Bonchev–Trinajstić information content (AvgIpc) is 2.85. The largest absolute Gasteiger partial charge is 0.384 e. The van der Waals surface area contributed by atoms with E-state index in [4.69, 9.17) is 4.74 Å². The predicted molar refractivity (Wildman–Crippen MR) is 114 cm³/mol. The van der Waals surface area contributed by atoms with Gasteiger partial charge >= 0.3 is 0 Å². The second-order valence-corrected chi connectivity index (χ2v) is 6.97. The van der Waals surface area contributed by atoms with Gasteiger partial charge in [0.25, 0.3) is 0 Å². The highest BCUT2D eigenvalue weighted by Crippen LogP contribution is 2.23. The van der Waals surface area contributed by atoms with Crippen molar-refractivity contribution in [3.63, 3.8) is 0 Å². The van der Waals surface area contributed by atoms with E-state index >= 15 is 0 Å². The fourth-order valence-corrected chi connectivity index (χ4v) is 3.28. The van der Waals surface area contributed by atoms with E-state index in [0.29, 0.717) is 11.6 Å². The van der Waals surface area contributed by atoms with E-state index in [-0.39, 0.29) is 13.0 Å². The number of rotatable bonds is 4. The second-order valence-electron chi connectivity index (χ2n) is 6.97. The molecule has 2 aliphatic heterocycles. The second kappa shape index (κ2) is 9.49. The fourth-order valence-electron chi connectivity index (χ4n) is 3.28. The van der Waals surface area contributed by atoms with Crippen LogP contribution in [0.25, 0.3) is 5.57 Å². The van der Waals surface area contributed by atoms with Gasteiger partial charge in [-0.25, -0.2) is 18.7 Å². The van der Waals surface area contributed by atoms with Crippen LogP contribution in [0.2, 0.25) is 0 Å². The van der Waals surface area contributed by atoms with Crippen LogP contribution in [-0.4, -0.2) is 42.8 Å². The minimum Gasteiger partial charge on any atom is -0.384 e. The van der Waals surface area contributed by atoms with E-state index in [1.807, 2.05) is 12.1 Å². The summed E-state index contributed by atoms with van der Waals surface area (Å²) >= 11 is 0. The van der Waals surface area contributed by atoms with Gasteiger partial charge in [0.2, 0.25) is 5.95 Å². The normalized spacial score (nSPS) is 22.7. The molecule has 3 heterocycles. The van der Waals surface area contributed by atoms with Crippen molar-refractivity contribution >= 4 is 22.9 Å². The van der Waals surface area contributed by atoms with E-state index < -0.39 is 11.7 Å². The maximum Gasteiger partial charge on any atom is 0.227 e. The highest BCUT2D eigenvalue weighted by atomic mass is 19.1. The molecule has 30 heavy (non-hydrogen) atoms. The molecule has 1 aromatic carbocycles. The van der Waals surface area contributed by atoms with Crippen LogP contribution in [0, 0.1) is 0 Å². The molecule has 0 unspecified atom stereocenters. The number of hydrogen-bond acceptors (Lipinski definition) is 6. The Morgan fingerprint density at radius 3 is 2.67 bits per heavy atom. The number of halogens is 2. The molecule has 0 amide bonds. The first-order valence-corrected chi connectivity index (χ1v) is 9.85. The molecule has 2 aromatic rings. The molecule has 1 saturated heterocycles. The average molecular weight is 411 g/mol. The molecule has 156 valence electrons. The van der Waals surface area contributed by atoms with Gasteiger partial charge in [-0.2, -0.15) is 0 Å². The zero-order valence-electron chi connectivity index (χ0n) is 16.4. The molecular weight excluding hydrogens is 388 g/mol. The quantitative estimate of drug-likeness (QED) is 0.790. The third-order valence-electron chi connectivity index (χ3n) is 4.84. The number of nitrogens with zero attached hydrogens (tertiary/aromatic N) is 3. The third-order valence-corrected chi connectivity index (χ3v) is 4.84. The maximum absolute atomic E-state index is 13.7. The van der Waals surface area contributed by atoms with Gasteiger partial charge in [-0.1, -0.05) is 0 Å². The van der Waals surface area contributed by atoms with Crippen LogP contribution in [0.4, 0.5) is 26.1 Å². The Balaban J connectivity index is 1.47. The Morgan fingerprint density at radius 2 is 1.87 bits per heavy atom. The lowest BCUT2D eigenvalue weighted by molar-refractivity contribution is 0.122. The molecule has 0 bridgehead atoms. The Bertz CT molecular complexity index is 966. The van der Waals surface area contributed by atoms with Crippen LogP contribution in [0.1, 0.15) is 12.1 Å². The standard InChI is InChI=1S/C22H23F2N5O/c23-17-2-1-16(14-25-15-18(24)13-17)21-7-8-26-22(28-21)27-19-3-5-20(6-4-19)29-9-11-30-12-10-29/h2-8,13-14,25H,1,9-12,15H2,(H,26,27,28)/b16-14+,17-2+,18-13+. The van der Waals surface area contributed by atoms with Gasteiger partial charge in [-0.3, -0.25) is 0 Å². The van der Waals surface area contributed by atoms with E-state index in [0.717, 1.165) is 49.3 Å². The zero-order chi connectivity index (χ0) is 20.8. The van der Waals surface area contributed by atoms with Gasteiger partial charge < -0.3 is 20.3 Å². The lowest BCUT2D eigenvalue weighted by atomic mass is 10.1. The van der Waals surface area contributed by atoms with Crippen molar-refractivity contribution < 1.29 is 13.5 Å². The summed E-state index contributed by atoms with van der Waals surface area (Å²) in [6.07, 6.45) is 5.80. The van der Waals surface area contributed by atoms with Gasteiger partial charge in [0, 0.05) is 42.9 Å². The number of morpholine rings is 1. The van der Waals surface area contributed by atoms with Crippen LogP contribution in [0.5, 0.6) is 0 Å². The van der Waals surface area contributed by atoms with Crippen LogP contribution >= 0.6 is 0 Å². The van der Waals surface area contributed by atoms with Crippen molar-refractivity contribution in [2.75, 3.05) is 43.1 Å². The van der Waals surface area contributed by atoms with Crippen LogP contribution < -0.4 is 15.5 Å². The number of hydrogen-bond donors (Lipinski definition) is 2. The lowest BCUT2D eigenvalue weighted by Crippen LogP contribution is -2.36. The van der Waals surface area contributed by atoms with Gasteiger partial charge in [0.15, 0.2) is 0 Å². The fraction of sp³-hybridized carbons (Fsp3) is 0.273. The Kier molecular flexibility index (Phi) is 6.34. The van der Waals surface area contributed by atoms with Gasteiger partial charge in [-0.05, 0) is 48.4 Å². The Labute approximate surface area is 174 Å². The molecule has 2 aliphatic rings. The predicted octanol–water partition coefficient (Wildman–Crippen LogP) is 4.10. The highest BCUT2D eigenvalue weighted by Gasteiger charge is 2.11. The molecule has 1 fully saturated rings. The van der Waals surface area contributed by atoms with Crippen LogP contribution in [0.15, 0.2) is 66.5 Å². The summed E-state index contributed by atoms with van der Waals surface area (Å²) in [5.41, 5.74) is 3.38. The number of benzene rings is 1. The third kappa shape index (κ3) is 5.21. The number of anilines is 3. The molecule has 0 spiro atoms. The topological polar surface area (TPSA) is 62.3 Å². The number of nitrogens with one attached hydrogen (secondary N) is 2. The summed E-state index contributed by atoms with van der Waals surface area (Å²) in [6, 6.07) is 9.81. The molecule has 4 rings (SSSR count). The summed E-state index contributed by atoms with van der Waals surface area (Å²) in [7, 11) is 0. The minimum absolute atomic E-state index is 0.0730. The summed E-state index contributed by atoms with van der Waals surface area (Å²) in [5.74, 6) is -0.733. The molecule has 0 saturated carbocycles. The van der Waals surface area contributed by atoms with Crippen molar-refractivity contribution in [1.29, 1.82) is 0 Å². The van der Waals surface area contributed by atoms with Crippen molar-refractivity contribution in [2.24, 2.45) is 0 Å². The maximum atomic E-state index is 13.7. The van der Waals surface area contributed by atoms with Crippen LogP contribution in [-0.2, 0) is 4.74 Å². The van der Waals surface area contributed by atoms with Gasteiger partial charge in [0.1, 0.15) is 11.7 Å². The monoisotopic (exact) mass is 411 g/mol. The molecular formula is C22H23F2N5O. The van der Waals surface area contributed by atoms with E-state index in [1.54, 1.807) is 18.5 Å². The Hall–Kier alpha value is -3.26. The first kappa shape index (κ1) is 20.0. The number of aromatic nitrogens is 2. The first-order chi connectivity index (χ1) is 14.7. The van der Waals surface area contributed by atoms with Crippen molar-refractivity contribution in [2.45, 2.75) is 6.42 Å². The van der Waals surface area contributed by atoms with Crippen molar-refractivity contribution in [3.8, 4) is 0 Å². The Morgan fingerprint density at radius 1 is 1.07 bits per heavy atom. The molecule has 0 atom stereocenters. The first-order valence-electron chi connectivity index (χ1n) is 9.85. The molecule has 0 aliphatic carbocycles. The number of allylic oxidation sites excluding steroid dienone is 4. The van der Waals surface area contributed by atoms with Crippen molar-refractivity contribution in [1.82, 2.24) is 15.3 Å². The summed E-state index contributed by atoms with van der Waals surface area (Å²) in [6.45, 7) is 3.18. The molecule has 2 N–H and O–H groups in total. The van der Waals surface area contributed by atoms with E-state index in [2.05, 4.69) is 37.6 Å². The van der Waals surface area contributed by atoms with Gasteiger partial charge in [0.05, 0.1) is 25.5 Å². The molecule has 6 nitrogen and oxygen atoms in total. The zero-order valence-corrected chi connectivity index (χ0v) is 16.4. The molecule has 8 heteroatoms. The SMILES string of the molecule is FC1=C/C/C(c2ccnc(Nc3ccc(N4CCOCC4)cc3)n2)=C\NC/C(F)=C\1. The molecule has 0 radical (unpaired) electrons. The summed E-state index contributed by atoms with van der Waals surface area (Å²) in [5, 5.41) is 6.05. The smallest absolute Gasteiger partial charge is 0.227 e. The van der Waals surface area contributed by atoms with Crippen molar-refractivity contribution in [3.05, 3.63) is 72.2 Å². The lowest BCUT2D eigenvalue weighted by Gasteiger charge is -2.28. The van der Waals surface area contributed by atoms with E-state index in [1.165, 1.54) is 6.08 Å². The highest BCUT2D eigenvalue weighted by molar-refractivity contribution is 5.66.